The van der Waals surface area contributed by atoms with Crippen molar-refractivity contribution in [3.8, 4) is 0 Å². The number of cyclic esters (lactones) is 1. The standard InChI is InChI=1S/C17H31NO5/c1-2-3-4-5-6-7-8-9-10-11-13(19)12-14-15(16(20)23-14)18-17(21)22/h13-15,18-19H,2-12H2,1H3,(H,21,22). The number of hydrogen-bond acceptors (Lipinski definition) is 4. The Hall–Kier alpha value is -1.30. The molecule has 6 heteroatoms. The van der Waals surface area contributed by atoms with E-state index >= 15 is 0 Å². The molecule has 0 bridgehead atoms. The van der Waals surface area contributed by atoms with Gasteiger partial charge in [0.25, 0.3) is 0 Å². The van der Waals surface area contributed by atoms with Gasteiger partial charge in [0.05, 0.1) is 6.10 Å². The van der Waals surface area contributed by atoms with Crippen LogP contribution in [0.5, 0.6) is 0 Å². The molecule has 0 aromatic rings. The van der Waals surface area contributed by atoms with Crippen molar-refractivity contribution in [3.05, 3.63) is 0 Å². The minimum Gasteiger partial charge on any atom is -0.465 e. The molecule has 1 rings (SSSR count). The minimum atomic E-state index is -1.25. The summed E-state index contributed by atoms with van der Waals surface area (Å²) in [6.45, 7) is 2.22. The van der Waals surface area contributed by atoms with Gasteiger partial charge in [-0.1, -0.05) is 64.7 Å². The predicted octanol–water partition coefficient (Wildman–Crippen LogP) is 3.22. The SMILES string of the molecule is CCCCCCCCCCCC(O)CC1OC(=O)C1NC(=O)O. The van der Waals surface area contributed by atoms with Crippen LogP contribution in [0.1, 0.15) is 77.6 Å². The number of carbonyl (C=O) groups excluding carboxylic acids is 1. The maximum absolute atomic E-state index is 11.2. The second kappa shape index (κ2) is 11.3. The lowest BCUT2D eigenvalue weighted by Gasteiger charge is -2.35. The van der Waals surface area contributed by atoms with Crippen molar-refractivity contribution in [2.24, 2.45) is 0 Å². The molecule has 134 valence electrons. The Morgan fingerprint density at radius 3 is 2.22 bits per heavy atom. The zero-order valence-corrected chi connectivity index (χ0v) is 14.1. The van der Waals surface area contributed by atoms with Crippen molar-refractivity contribution in [1.29, 1.82) is 0 Å². The Bertz CT molecular complexity index is 361. The van der Waals surface area contributed by atoms with E-state index < -0.39 is 30.3 Å². The van der Waals surface area contributed by atoms with Crippen LogP contribution in [-0.4, -0.2) is 40.5 Å². The van der Waals surface area contributed by atoms with Crippen molar-refractivity contribution in [2.45, 2.75) is 95.8 Å². The lowest BCUT2D eigenvalue weighted by atomic mass is 9.96. The van der Waals surface area contributed by atoms with E-state index in [1.54, 1.807) is 0 Å². The van der Waals surface area contributed by atoms with E-state index in [1.165, 1.54) is 44.9 Å². The number of hydrogen-bond donors (Lipinski definition) is 3. The Labute approximate surface area is 138 Å². The van der Waals surface area contributed by atoms with E-state index in [4.69, 9.17) is 9.84 Å². The third kappa shape index (κ3) is 8.21. The number of carboxylic acid groups (broad SMARTS) is 1. The second-order valence-electron chi connectivity index (χ2n) is 6.41. The quantitative estimate of drug-likeness (QED) is 0.356. The lowest BCUT2D eigenvalue weighted by Crippen LogP contribution is -2.60. The van der Waals surface area contributed by atoms with Crippen molar-refractivity contribution >= 4 is 12.1 Å². The number of carbonyl (C=O) groups is 2. The van der Waals surface area contributed by atoms with Crippen molar-refractivity contribution in [3.63, 3.8) is 0 Å². The molecular formula is C17H31NO5. The number of amides is 1. The Kier molecular flexibility index (Phi) is 9.67. The number of aliphatic hydroxyl groups is 1. The van der Waals surface area contributed by atoms with Gasteiger partial charge >= 0.3 is 12.1 Å². The molecule has 3 N–H and O–H groups in total. The summed E-state index contributed by atoms with van der Waals surface area (Å²) in [5.74, 6) is -0.562. The number of ether oxygens (including phenoxy) is 1. The fourth-order valence-electron chi connectivity index (χ4n) is 2.92. The molecule has 1 heterocycles. The average molecular weight is 329 g/mol. The van der Waals surface area contributed by atoms with Crippen LogP contribution >= 0.6 is 0 Å². The van der Waals surface area contributed by atoms with E-state index in [9.17, 15) is 14.7 Å². The van der Waals surface area contributed by atoms with Crippen LogP contribution in [0, 0.1) is 0 Å². The van der Waals surface area contributed by atoms with Crippen LogP contribution in [0.3, 0.4) is 0 Å². The summed E-state index contributed by atoms with van der Waals surface area (Å²) in [7, 11) is 0. The van der Waals surface area contributed by atoms with Gasteiger partial charge in [0.1, 0.15) is 6.10 Å². The molecule has 1 aliphatic rings. The summed E-state index contributed by atoms with van der Waals surface area (Å²) in [5.41, 5.74) is 0. The van der Waals surface area contributed by atoms with Crippen LogP contribution in [0.15, 0.2) is 0 Å². The first-order valence-corrected chi connectivity index (χ1v) is 8.92. The topological polar surface area (TPSA) is 95.9 Å². The van der Waals surface area contributed by atoms with Gasteiger partial charge in [-0.25, -0.2) is 9.59 Å². The summed E-state index contributed by atoms with van der Waals surface area (Å²) in [6.07, 6.45) is 9.70. The first kappa shape index (κ1) is 19.7. The molecule has 0 saturated carbocycles. The van der Waals surface area contributed by atoms with Crippen LogP contribution in [0.4, 0.5) is 4.79 Å². The number of rotatable bonds is 13. The number of nitrogens with one attached hydrogen (secondary N) is 1. The molecule has 3 unspecified atom stereocenters. The van der Waals surface area contributed by atoms with Gasteiger partial charge in [0.2, 0.25) is 0 Å². The fourth-order valence-corrected chi connectivity index (χ4v) is 2.92. The van der Waals surface area contributed by atoms with Crippen LogP contribution in [-0.2, 0) is 9.53 Å². The fraction of sp³-hybridized carbons (Fsp3) is 0.882. The van der Waals surface area contributed by atoms with Crippen LogP contribution in [0.25, 0.3) is 0 Å². The molecule has 6 nitrogen and oxygen atoms in total. The van der Waals surface area contributed by atoms with Gasteiger partial charge in [0.15, 0.2) is 6.04 Å². The maximum Gasteiger partial charge on any atom is 0.405 e. The highest BCUT2D eigenvalue weighted by atomic mass is 16.6. The summed E-state index contributed by atoms with van der Waals surface area (Å²) < 4.78 is 4.89. The molecule has 1 saturated heterocycles. The molecule has 23 heavy (non-hydrogen) atoms. The number of unbranched alkanes of at least 4 members (excludes halogenated alkanes) is 8. The van der Waals surface area contributed by atoms with Crippen LogP contribution in [0.2, 0.25) is 0 Å². The highest BCUT2D eigenvalue weighted by molar-refractivity contribution is 5.85. The molecule has 3 atom stereocenters. The summed E-state index contributed by atoms with van der Waals surface area (Å²) in [5, 5.41) is 20.7. The zero-order chi connectivity index (χ0) is 17.1. The normalized spacial score (nSPS) is 21.4. The summed E-state index contributed by atoms with van der Waals surface area (Å²) in [6, 6.07) is -0.828. The first-order valence-electron chi connectivity index (χ1n) is 8.92. The molecule has 1 aliphatic heterocycles. The third-order valence-electron chi connectivity index (χ3n) is 4.32. The van der Waals surface area contributed by atoms with Gasteiger partial charge in [-0.15, -0.1) is 0 Å². The van der Waals surface area contributed by atoms with E-state index in [2.05, 4.69) is 12.2 Å². The Morgan fingerprint density at radius 2 is 1.70 bits per heavy atom. The number of aliphatic hydroxyl groups excluding tert-OH is 1. The molecule has 0 radical (unpaired) electrons. The molecule has 0 aliphatic carbocycles. The molecule has 0 aromatic carbocycles. The highest BCUT2D eigenvalue weighted by Gasteiger charge is 2.44. The van der Waals surface area contributed by atoms with E-state index in [-0.39, 0.29) is 0 Å². The molecule has 1 amide bonds. The predicted molar refractivity (Wildman–Crippen MR) is 87.3 cm³/mol. The molecule has 0 aromatic heterocycles. The average Bonchev–Trinajstić information content (AvgIpc) is 2.50. The monoisotopic (exact) mass is 329 g/mol. The summed E-state index contributed by atoms with van der Waals surface area (Å²) in [4.78, 5) is 21.7. The van der Waals surface area contributed by atoms with Gasteiger partial charge in [-0.3, -0.25) is 0 Å². The first-order chi connectivity index (χ1) is 11.0. The van der Waals surface area contributed by atoms with Gasteiger partial charge in [0, 0.05) is 6.42 Å². The smallest absolute Gasteiger partial charge is 0.405 e. The van der Waals surface area contributed by atoms with E-state index in [0.29, 0.717) is 12.8 Å². The number of esters is 1. The van der Waals surface area contributed by atoms with Crippen molar-refractivity contribution < 1.29 is 24.5 Å². The molecule has 0 spiro atoms. The van der Waals surface area contributed by atoms with Gasteiger partial charge in [-0.05, 0) is 6.42 Å². The molecule has 1 fully saturated rings. The third-order valence-corrected chi connectivity index (χ3v) is 4.32. The minimum absolute atomic E-state index is 0.299. The Balaban J connectivity index is 1.99. The van der Waals surface area contributed by atoms with Gasteiger partial charge < -0.3 is 20.3 Å². The van der Waals surface area contributed by atoms with Crippen LogP contribution < -0.4 is 5.32 Å². The van der Waals surface area contributed by atoms with Crippen molar-refractivity contribution in [2.75, 3.05) is 0 Å². The van der Waals surface area contributed by atoms with Gasteiger partial charge in [-0.2, -0.15) is 0 Å². The van der Waals surface area contributed by atoms with E-state index in [1.807, 2.05) is 0 Å². The largest absolute Gasteiger partial charge is 0.465 e. The van der Waals surface area contributed by atoms with Crippen molar-refractivity contribution in [1.82, 2.24) is 5.32 Å². The maximum atomic E-state index is 11.2. The van der Waals surface area contributed by atoms with E-state index in [0.717, 1.165) is 12.8 Å². The Morgan fingerprint density at radius 1 is 1.13 bits per heavy atom. The second-order valence-corrected chi connectivity index (χ2v) is 6.41. The molecular weight excluding hydrogens is 298 g/mol. The zero-order valence-electron chi connectivity index (χ0n) is 14.1. The highest BCUT2D eigenvalue weighted by Crippen LogP contribution is 2.22. The summed E-state index contributed by atoms with van der Waals surface area (Å²) >= 11 is 0. The lowest BCUT2D eigenvalue weighted by molar-refractivity contribution is -0.179.